The van der Waals surface area contributed by atoms with E-state index in [1.807, 2.05) is 6.92 Å². The van der Waals surface area contributed by atoms with E-state index in [-0.39, 0.29) is 17.6 Å². The van der Waals surface area contributed by atoms with Gasteiger partial charge in [-0.25, -0.2) is 9.37 Å². The van der Waals surface area contributed by atoms with Gasteiger partial charge in [0.1, 0.15) is 11.6 Å². The number of aromatic hydroxyl groups is 1. The number of halogens is 1. The minimum absolute atomic E-state index is 0.0950. The Hall–Kier alpha value is -1.84. The molecule has 0 aliphatic carbocycles. The van der Waals surface area contributed by atoms with E-state index in [1.165, 1.54) is 18.2 Å². The van der Waals surface area contributed by atoms with Gasteiger partial charge in [-0.15, -0.1) is 0 Å². The van der Waals surface area contributed by atoms with Gasteiger partial charge in [0.25, 0.3) is 0 Å². The first-order chi connectivity index (χ1) is 7.18. The zero-order valence-corrected chi connectivity index (χ0v) is 8.26. The van der Waals surface area contributed by atoms with Gasteiger partial charge in [-0.05, 0) is 25.1 Å². The van der Waals surface area contributed by atoms with Gasteiger partial charge in [0, 0.05) is 18.0 Å². The summed E-state index contributed by atoms with van der Waals surface area (Å²) in [5.41, 5.74) is 0.549. The van der Waals surface area contributed by atoms with Gasteiger partial charge >= 0.3 is 0 Å². The Bertz CT molecular complexity index is 454. The number of hydrogen-bond acceptors (Lipinski definition) is 2. The van der Waals surface area contributed by atoms with Crippen LogP contribution in [-0.4, -0.2) is 14.7 Å². The first-order valence-corrected chi connectivity index (χ1v) is 4.64. The van der Waals surface area contributed by atoms with Gasteiger partial charge in [0.05, 0.1) is 12.4 Å². The maximum absolute atomic E-state index is 13.0. The zero-order chi connectivity index (χ0) is 10.8. The average molecular weight is 206 g/mol. The summed E-state index contributed by atoms with van der Waals surface area (Å²) in [5, 5.41) is 9.60. The summed E-state index contributed by atoms with van der Waals surface area (Å²) in [4.78, 5) is 3.91. The molecule has 0 saturated carbocycles. The molecule has 0 aliphatic heterocycles. The quantitative estimate of drug-likeness (QED) is 0.818. The summed E-state index contributed by atoms with van der Waals surface area (Å²) >= 11 is 0. The molecule has 1 N–H and O–H groups in total. The Morgan fingerprint density at radius 1 is 1.47 bits per heavy atom. The Labute approximate surface area is 86.8 Å². The molecule has 0 saturated heterocycles. The van der Waals surface area contributed by atoms with Crippen molar-refractivity contribution >= 4 is 0 Å². The van der Waals surface area contributed by atoms with Crippen LogP contribution in [-0.2, 0) is 0 Å². The van der Waals surface area contributed by atoms with Crippen molar-refractivity contribution in [3.8, 4) is 5.75 Å². The number of aromatic nitrogens is 2. The van der Waals surface area contributed by atoms with Gasteiger partial charge in [0.2, 0.25) is 0 Å². The topological polar surface area (TPSA) is 38.0 Å². The second-order valence-electron chi connectivity index (χ2n) is 3.39. The Morgan fingerprint density at radius 3 is 2.93 bits per heavy atom. The van der Waals surface area contributed by atoms with E-state index < -0.39 is 0 Å². The van der Waals surface area contributed by atoms with Crippen LogP contribution < -0.4 is 0 Å². The monoisotopic (exact) mass is 206 g/mol. The number of rotatable bonds is 2. The lowest BCUT2D eigenvalue weighted by Crippen LogP contribution is -2.04. The minimum atomic E-state index is -0.352. The van der Waals surface area contributed by atoms with E-state index in [0.29, 0.717) is 5.56 Å². The Kier molecular flexibility index (Phi) is 2.41. The predicted molar refractivity (Wildman–Crippen MR) is 54.1 cm³/mol. The zero-order valence-electron chi connectivity index (χ0n) is 8.26. The maximum atomic E-state index is 13.0. The number of imidazole rings is 1. The van der Waals surface area contributed by atoms with Gasteiger partial charge in [0.15, 0.2) is 0 Å². The van der Waals surface area contributed by atoms with E-state index in [1.54, 1.807) is 23.3 Å². The summed E-state index contributed by atoms with van der Waals surface area (Å²) in [5.74, 6) is -0.257. The van der Waals surface area contributed by atoms with Crippen LogP contribution >= 0.6 is 0 Å². The molecule has 0 spiro atoms. The summed E-state index contributed by atoms with van der Waals surface area (Å²) in [6.45, 7) is 1.87. The fourth-order valence-corrected chi connectivity index (χ4v) is 1.52. The Morgan fingerprint density at radius 2 is 2.27 bits per heavy atom. The highest BCUT2D eigenvalue weighted by Gasteiger charge is 2.12. The molecule has 0 amide bonds. The van der Waals surface area contributed by atoms with Crippen LogP contribution in [0.3, 0.4) is 0 Å². The van der Waals surface area contributed by atoms with E-state index in [2.05, 4.69) is 4.98 Å². The molecule has 0 radical (unpaired) electrons. The van der Waals surface area contributed by atoms with Gasteiger partial charge < -0.3 is 9.67 Å². The first-order valence-electron chi connectivity index (χ1n) is 4.64. The Balaban J connectivity index is 2.41. The molecule has 15 heavy (non-hydrogen) atoms. The third kappa shape index (κ3) is 1.83. The van der Waals surface area contributed by atoms with Crippen LogP contribution in [0.15, 0.2) is 36.9 Å². The lowest BCUT2D eigenvalue weighted by Gasteiger charge is -2.14. The normalized spacial score (nSPS) is 12.7. The van der Waals surface area contributed by atoms with Crippen molar-refractivity contribution in [1.82, 2.24) is 9.55 Å². The molecule has 1 atom stereocenters. The molecule has 3 nitrogen and oxygen atoms in total. The summed E-state index contributed by atoms with van der Waals surface area (Å²) in [7, 11) is 0. The lowest BCUT2D eigenvalue weighted by molar-refractivity contribution is 0.454. The standard InChI is InChI=1S/C11H11FN2O/c1-8(14-5-4-13-7-14)10-6-9(12)2-3-11(10)15/h2-8,15H,1H3. The molecule has 78 valence electrons. The first kappa shape index (κ1) is 9.71. The molecule has 0 bridgehead atoms. The number of phenolic OH excluding ortho intramolecular Hbond substituents is 1. The molecule has 0 aliphatic rings. The second-order valence-corrected chi connectivity index (χ2v) is 3.39. The molecule has 1 aromatic heterocycles. The predicted octanol–water partition coefficient (Wildman–Crippen LogP) is 2.34. The third-order valence-corrected chi connectivity index (χ3v) is 2.41. The summed E-state index contributed by atoms with van der Waals surface area (Å²) in [6.07, 6.45) is 5.05. The molecule has 1 heterocycles. The molecule has 2 aromatic rings. The highest BCUT2D eigenvalue weighted by atomic mass is 19.1. The van der Waals surface area contributed by atoms with Crippen molar-refractivity contribution in [2.24, 2.45) is 0 Å². The number of hydrogen-bond donors (Lipinski definition) is 1. The maximum Gasteiger partial charge on any atom is 0.123 e. The molecule has 1 unspecified atom stereocenters. The largest absolute Gasteiger partial charge is 0.508 e. The molecular weight excluding hydrogens is 195 g/mol. The van der Waals surface area contributed by atoms with Crippen molar-refractivity contribution in [3.05, 3.63) is 48.3 Å². The fourth-order valence-electron chi connectivity index (χ4n) is 1.52. The van der Waals surface area contributed by atoms with Crippen LogP contribution in [0.4, 0.5) is 4.39 Å². The van der Waals surface area contributed by atoms with Crippen LogP contribution in [0.2, 0.25) is 0 Å². The van der Waals surface area contributed by atoms with Crippen LogP contribution in [0, 0.1) is 5.82 Å². The lowest BCUT2D eigenvalue weighted by atomic mass is 10.1. The molecule has 1 aromatic carbocycles. The van der Waals surface area contributed by atoms with Gasteiger partial charge in [-0.3, -0.25) is 0 Å². The minimum Gasteiger partial charge on any atom is -0.508 e. The number of benzene rings is 1. The highest BCUT2D eigenvalue weighted by Crippen LogP contribution is 2.27. The smallest absolute Gasteiger partial charge is 0.123 e. The van der Waals surface area contributed by atoms with Crippen molar-refractivity contribution < 1.29 is 9.50 Å². The SMILES string of the molecule is CC(c1cc(F)ccc1O)n1ccnc1. The van der Waals surface area contributed by atoms with Crippen molar-refractivity contribution in [3.63, 3.8) is 0 Å². The number of nitrogens with zero attached hydrogens (tertiary/aromatic N) is 2. The summed E-state index contributed by atoms with van der Waals surface area (Å²) in [6, 6.07) is 3.79. The molecule has 0 fully saturated rings. The van der Waals surface area contributed by atoms with E-state index in [0.717, 1.165) is 0 Å². The van der Waals surface area contributed by atoms with Crippen molar-refractivity contribution in [2.75, 3.05) is 0 Å². The van der Waals surface area contributed by atoms with Crippen molar-refractivity contribution in [2.45, 2.75) is 13.0 Å². The fraction of sp³-hybridized carbons (Fsp3) is 0.182. The molecule has 2 rings (SSSR count). The molecule has 4 heteroatoms. The highest BCUT2D eigenvalue weighted by molar-refractivity contribution is 5.35. The van der Waals surface area contributed by atoms with E-state index in [4.69, 9.17) is 0 Å². The van der Waals surface area contributed by atoms with Crippen LogP contribution in [0.25, 0.3) is 0 Å². The van der Waals surface area contributed by atoms with E-state index in [9.17, 15) is 9.50 Å². The summed E-state index contributed by atoms with van der Waals surface area (Å²) < 4.78 is 14.8. The van der Waals surface area contributed by atoms with Gasteiger partial charge in [-0.2, -0.15) is 0 Å². The van der Waals surface area contributed by atoms with E-state index >= 15 is 0 Å². The average Bonchev–Trinajstić information content (AvgIpc) is 2.74. The number of phenols is 1. The third-order valence-electron chi connectivity index (χ3n) is 2.41. The van der Waals surface area contributed by atoms with Crippen molar-refractivity contribution in [1.29, 1.82) is 0 Å². The molecular formula is C11H11FN2O. The van der Waals surface area contributed by atoms with Gasteiger partial charge in [-0.1, -0.05) is 0 Å². The second kappa shape index (κ2) is 3.73. The van der Waals surface area contributed by atoms with Crippen LogP contribution in [0.5, 0.6) is 5.75 Å². The van der Waals surface area contributed by atoms with Crippen LogP contribution in [0.1, 0.15) is 18.5 Å².